The van der Waals surface area contributed by atoms with Crippen LogP contribution in [0.5, 0.6) is 5.75 Å². The Labute approximate surface area is 123 Å². The van der Waals surface area contributed by atoms with Gasteiger partial charge in [0.15, 0.2) is 0 Å². The van der Waals surface area contributed by atoms with Crippen molar-refractivity contribution < 1.29 is 22.6 Å². The van der Waals surface area contributed by atoms with E-state index in [9.17, 15) is 13.2 Å². The molecule has 2 nitrogen and oxygen atoms in total. The van der Waals surface area contributed by atoms with Crippen LogP contribution in [-0.2, 0) is 4.74 Å². The Morgan fingerprint density at radius 1 is 1.05 bits per heavy atom. The van der Waals surface area contributed by atoms with Crippen LogP contribution in [0.1, 0.15) is 43.6 Å². The minimum Gasteiger partial charge on any atom is -0.406 e. The van der Waals surface area contributed by atoms with Crippen molar-refractivity contribution in [3.8, 4) is 5.75 Å². The summed E-state index contributed by atoms with van der Waals surface area (Å²) in [6.45, 7) is 0.804. The molecule has 5 heteroatoms. The van der Waals surface area contributed by atoms with E-state index in [0.29, 0.717) is 11.8 Å². The normalized spacial score (nSPS) is 23.0. The molecule has 0 aliphatic heterocycles. The summed E-state index contributed by atoms with van der Waals surface area (Å²) in [4.78, 5) is 0. The Hall–Kier alpha value is -1.23. The first kappa shape index (κ1) is 16.1. The summed E-state index contributed by atoms with van der Waals surface area (Å²) in [5.74, 6) is 1.01. The molecule has 1 aromatic rings. The van der Waals surface area contributed by atoms with Crippen LogP contribution in [0.3, 0.4) is 0 Å². The van der Waals surface area contributed by atoms with Crippen LogP contribution >= 0.6 is 0 Å². The average Bonchev–Trinajstić information content (AvgIpc) is 2.45. The molecule has 0 heterocycles. The van der Waals surface area contributed by atoms with E-state index in [2.05, 4.69) is 4.74 Å². The predicted octanol–water partition coefficient (Wildman–Crippen LogP) is 4.90. The van der Waals surface area contributed by atoms with Crippen LogP contribution in [0.4, 0.5) is 13.2 Å². The molecule has 21 heavy (non-hydrogen) atoms. The average molecular weight is 302 g/mol. The van der Waals surface area contributed by atoms with E-state index in [0.717, 1.165) is 44.3 Å². The fourth-order valence-corrected chi connectivity index (χ4v) is 3.01. The second kappa shape index (κ2) is 7.16. The standard InChI is InChI=1S/C16H21F3O2/c1-20-11-10-12-2-4-13(5-3-12)14-6-8-15(9-7-14)21-16(17,18)19/h6-9,12-13H,2-5,10-11H2,1H3. The second-order valence-corrected chi connectivity index (χ2v) is 5.62. The number of ether oxygens (including phenoxy) is 2. The largest absolute Gasteiger partial charge is 0.573 e. The lowest BCUT2D eigenvalue weighted by molar-refractivity contribution is -0.274. The SMILES string of the molecule is COCCC1CCC(c2ccc(OC(F)(F)F)cc2)CC1. The van der Waals surface area contributed by atoms with Crippen LogP contribution in [0.25, 0.3) is 0 Å². The van der Waals surface area contributed by atoms with Gasteiger partial charge >= 0.3 is 6.36 Å². The van der Waals surface area contributed by atoms with Gasteiger partial charge in [-0.15, -0.1) is 13.2 Å². The van der Waals surface area contributed by atoms with Gasteiger partial charge in [0.25, 0.3) is 0 Å². The fourth-order valence-electron chi connectivity index (χ4n) is 3.01. The number of hydrogen-bond donors (Lipinski definition) is 0. The van der Waals surface area contributed by atoms with Gasteiger partial charge in [0.2, 0.25) is 0 Å². The van der Waals surface area contributed by atoms with E-state index in [-0.39, 0.29) is 5.75 Å². The van der Waals surface area contributed by atoms with E-state index < -0.39 is 6.36 Å². The van der Waals surface area contributed by atoms with E-state index in [4.69, 9.17) is 4.74 Å². The van der Waals surface area contributed by atoms with Crippen molar-refractivity contribution in [3.63, 3.8) is 0 Å². The summed E-state index contributed by atoms with van der Waals surface area (Å²) in [5.41, 5.74) is 1.11. The molecule has 0 spiro atoms. The monoisotopic (exact) mass is 302 g/mol. The molecule has 0 bridgehead atoms. The first-order valence-electron chi connectivity index (χ1n) is 7.32. The Balaban J connectivity index is 1.86. The number of rotatable bonds is 5. The third-order valence-electron chi connectivity index (χ3n) is 4.16. The summed E-state index contributed by atoms with van der Waals surface area (Å²) in [5, 5.41) is 0. The molecule has 2 rings (SSSR count). The highest BCUT2D eigenvalue weighted by Gasteiger charge is 2.31. The molecule has 0 saturated heterocycles. The van der Waals surface area contributed by atoms with Crippen LogP contribution in [-0.4, -0.2) is 20.1 Å². The van der Waals surface area contributed by atoms with Crippen molar-refractivity contribution in [3.05, 3.63) is 29.8 Å². The van der Waals surface area contributed by atoms with Crippen molar-refractivity contribution in [2.75, 3.05) is 13.7 Å². The van der Waals surface area contributed by atoms with Gasteiger partial charge < -0.3 is 9.47 Å². The number of methoxy groups -OCH3 is 1. The summed E-state index contributed by atoms with van der Waals surface area (Å²) in [7, 11) is 1.72. The maximum Gasteiger partial charge on any atom is 0.573 e. The Bertz CT molecular complexity index is 420. The van der Waals surface area contributed by atoms with Gasteiger partial charge in [0.1, 0.15) is 5.75 Å². The van der Waals surface area contributed by atoms with Gasteiger partial charge in [0.05, 0.1) is 0 Å². The number of benzene rings is 1. The zero-order chi connectivity index (χ0) is 15.3. The quantitative estimate of drug-likeness (QED) is 0.770. The minimum absolute atomic E-state index is 0.153. The first-order chi connectivity index (χ1) is 9.98. The zero-order valence-electron chi connectivity index (χ0n) is 12.2. The minimum atomic E-state index is -4.62. The van der Waals surface area contributed by atoms with E-state index >= 15 is 0 Å². The Kier molecular flexibility index (Phi) is 5.51. The number of alkyl halides is 3. The van der Waals surface area contributed by atoms with E-state index in [1.165, 1.54) is 12.1 Å². The Morgan fingerprint density at radius 3 is 2.19 bits per heavy atom. The fraction of sp³-hybridized carbons (Fsp3) is 0.625. The Morgan fingerprint density at radius 2 is 1.67 bits per heavy atom. The van der Waals surface area contributed by atoms with E-state index in [1.807, 2.05) is 0 Å². The van der Waals surface area contributed by atoms with Gasteiger partial charge in [-0.1, -0.05) is 12.1 Å². The summed E-state index contributed by atoms with van der Waals surface area (Å²) < 4.78 is 45.3. The predicted molar refractivity (Wildman–Crippen MR) is 74.3 cm³/mol. The van der Waals surface area contributed by atoms with Crippen LogP contribution < -0.4 is 4.74 Å². The summed E-state index contributed by atoms with van der Waals surface area (Å²) in [6.07, 6.45) is 0.980. The molecule has 1 saturated carbocycles. The smallest absolute Gasteiger partial charge is 0.406 e. The van der Waals surface area contributed by atoms with Gasteiger partial charge in [-0.25, -0.2) is 0 Å². The molecule has 1 aliphatic rings. The number of hydrogen-bond acceptors (Lipinski definition) is 2. The van der Waals surface area contributed by atoms with Crippen LogP contribution in [0.2, 0.25) is 0 Å². The third kappa shape index (κ3) is 5.23. The highest BCUT2D eigenvalue weighted by atomic mass is 19.4. The van der Waals surface area contributed by atoms with Crippen molar-refractivity contribution >= 4 is 0 Å². The summed E-state index contributed by atoms with van der Waals surface area (Å²) >= 11 is 0. The molecule has 118 valence electrons. The second-order valence-electron chi connectivity index (χ2n) is 5.62. The highest BCUT2D eigenvalue weighted by Crippen LogP contribution is 2.37. The zero-order valence-corrected chi connectivity index (χ0v) is 12.2. The van der Waals surface area contributed by atoms with Crippen molar-refractivity contribution in [2.45, 2.75) is 44.4 Å². The molecular weight excluding hydrogens is 281 g/mol. The maximum absolute atomic E-state index is 12.1. The molecule has 0 aromatic heterocycles. The van der Waals surface area contributed by atoms with Crippen LogP contribution in [0.15, 0.2) is 24.3 Å². The summed E-state index contributed by atoms with van der Waals surface area (Å²) in [6, 6.07) is 6.31. The molecule has 0 radical (unpaired) electrons. The molecule has 0 N–H and O–H groups in total. The molecule has 0 amide bonds. The molecule has 1 aliphatic carbocycles. The molecule has 0 unspecified atom stereocenters. The van der Waals surface area contributed by atoms with Gasteiger partial charge in [-0.3, -0.25) is 0 Å². The van der Waals surface area contributed by atoms with Crippen LogP contribution in [0, 0.1) is 5.92 Å². The molecule has 0 atom stereocenters. The van der Waals surface area contributed by atoms with E-state index in [1.54, 1.807) is 19.2 Å². The van der Waals surface area contributed by atoms with Crippen molar-refractivity contribution in [1.29, 1.82) is 0 Å². The maximum atomic E-state index is 12.1. The van der Waals surface area contributed by atoms with Crippen molar-refractivity contribution in [1.82, 2.24) is 0 Å². The lowest BCUT2D eigenvalue weighted by Gasteiger charge is -2.28. The highest BCUT2D eigenvalue weighted by molar-refractivity contribution is 5.29. The van der Waals surface area contributed by atoms with Gasteiger partial charge in [-0.05, 0) is 61.6 Å². The molecular formula is C16H21F3O2. The molecule has 1 fully saturated rings. The van der Waals surface area contributed by atoms with Gasteiger partial charge in [0, 0.05) is 13.7 Å². The topological polar surface area (TPSA) is 18.5 Å². The lowest BCUT2D eigenvalue weighted by Crippen LogP contribution is -2.17. The number of halogens is 3. The first-order valence-corrected chi connectivity index (χ1v) is 7.32. The van der Waals surface area contributed by atoms with Crippen molar-refractivity contribution in [2.24, 2.45) is 5.92 Å². The van der Waals surface area contributed by atoms with Gasteiger partial charge in [-0.2, -0.15) is 0 Å². The molecule has 1 aromatic carbocycles. The lowest BCUT2D eigenvalue weighted by atomic mass is 9.78. The third-order valence-corrected chi connectivity index (χ3v) is 4.16.